The van der Waals surface area contributed by atoms with Crippen molar-refractivity contribution in [1.82, 2.24) is 9.88 Å². The van der Waals surface area contributed by atoms with Gasteiger partial charge in [0.1, 0.15) is 12.2 Å². The third-order valence-electron chi connectivity index (χ3n) is 2.17. The highest BCUT2D eigenvalue weighted by Gasteiger charge is 2.41. The Morgan fingerprint density at radius 1 is 1.42 bits per heavy atom. The van der Waals surface area contributed by atoms with Gasteiger partial charge >= 0.3 is 18.3 Å². The van der Waals surface area contributed by atoms with Crippen molar-refractivity contribution < 1.29 is 32.3 Å². The van der Waals surface area contributed by atoms with Crippen LogP contribution in [0.2, 0.25) is 0 Å². The highest BCUT2D eigenvalue weighted by Crippen LogP contribution is 2.21. The van der Waals surface area contributed by atoms with Crippen molar-refractivity contribution in [2.45, 2.75) is 18.9 Å². The summed E-state index contributed by atoms with van der Waals surface area (Å²) in [5.41, 5.74) is -0.201. The molecule has 1 heterocycles. The maximum atomic E-state index is 12.6. The molecule has 2 N–H and O–H groups in total. The standard InChI is InChI=1S/C10H10F4N2O3/c11-9(12)10(13,14)5-15-8(19)6-2-1-3-16(6)4-7(17)18/h1-3,9H,4-5H2,(H,15,19)(H,17,18). The Bertz CT molecular complexity index is 473. The molecule has 0 saturated heterocycles. The lowest BCUT2D eigenvalue weighted by atomic mass is 10.3. The summed E-state index contributed by atoms with van der Waals surface area (Å²) in [5, 5.41) is 10.2. The fourth-order valence-electron chi connectivity index (χ4n) is 1.27. The van der Waals surface area contributed by atoms with Crippen LogP contribution in [0.5, 0.6) is 0 Å². The lowest BCUT2D eigenvalue weighted by molar-refractivity contribution is -0.137. The number of carbonyl (C=O) groups is 2. The Hall–Kier alpha value is -2.06. The first kappa shape index (κ1) is 15.0. The Morgan fingerprint density at radius 2 is 2.05 bits per heavy atom. The predicted octanol–water partition coefficient (Wildman–Crippen LogP) is 1.20. The first-order chi connectivity index (χ1) is 8.74. The maximum Gasteiger partial charge on any atom is 0.324 e. The molecule has 19 heavy (non-hydrogen) atoms. The van der Waals surface area contributed by atoms with Gasteiger partial charge in [-0.1, -0.05) is 0 Å². The molecule has 0 atom stereocenters. The quantitative estimate of drug-likeness (QED) is 0.770. The number of nitrogens with zero attached hydrogens (tertiary/aromatic N) is 1. The molecule has 1 rings (SSSR count). The summed E-state index contributed by atoms with van der Waals surface area (Å²) in [6.45, 7) is -2.07. The zero-order chi connectivity index (χ0) is 14.6. The fraction of sp³-hybridized carbons (Fsp3) is 0.400. The molecule has 0 saturated carbocycles. The first-order valence-electron chi connectivity index (χ1n) is 5.05. The Kier molecular flexibility index (Phi) is 4.52. The summed E-state index contributed by atoms with van der Waals surface area (Å²) in [4.78, 5) is 22.0. The molecule has 5 nitrogen and oxygen atoms in total. The Labute approximate surface area is 104 Å². The van der Waals surface area contributed by atoms with E-state index in [1.807, 2.05) is 0 Å². The molecular formula is C10H10F4N2O3. The fourth-order valence-corrected chi connectivity index (χ4v) is 1.27. The zero-order valence-electron chi connectivity index (χ0n) is 9.45. The van der Waals surface area contributed by atoms with E-state index >= 15 is 0 Å². The largest absolute Gasteiger partial charge is 0.480 e. The summed E-state index contributed by atoms with van der Waals surface area (Å²) in [6.07, 6.45) is -2.63. The molecular weight excluding hydrogens is 272 g/mol. The van der Waals surface area contributed by atoms with Gasteiger partial charge in [-0.05, 0) is 12.1 Å². The van der Waals surface area contributed by atoms with Crippen LogP contribution in [0.15, 0.2) is 18.3 Å². The van der Waals surface area contributed by atoms with E-state index in [0.717, 1.165) is 4.57 Å². The molecule has 0 bridgehead atoms. The number of hydrogen-bond donors (Lipinski definition) is 2. The van der Waals surface area contributed by atoms with Crippen molar-refractivity contribution in [2.24, 2.45) is 0 Å². The number of nitrogens with one attached hydrogen (secondary N) is 1. The van der Waals surface area contributed by atoms with Gasteiger partial charge in [-0.25, -0.2) is 8.78 Å². The molecule has 1 aromatic heterocycles. The average Bonchev–Trinajstić information content (AvgIpc) is 2.73. The van der Waals surface area contributed by atoms with Crippen molar-refractivity contribution in [2.75, 3.05) is 6.54 Å². The van der Waals surface area contributed by atoms with Crippen molar-refractivity contribution >= 4 is 11.9 Å². The van der Waals surface area contributed by atoms with Crippen LogP contribution in [0, 0.1) is 0 Å². The van der Waals surface area contributed by atoms with Crippen LogP contribution in [0.25, 0.3) is 0 Å². The molecule has 0 spiro atoms. The highest BCUT2D eigenvalue weighted by molar-refractivity contribution is 5.93. The van der Waals surface area contributed by atoms with Crippen molar-refractivity contribution in [3.05, 3.63) is 24.0 Å². The van der Waals surface area contributed by atoms with Crippen molar-refractivity contribution in [3.8, 4) is 0 Å². The van der Waals surface area contributed by atoms with E-state index in [-0.39, 0.29) is 5.69 Å². The van der Waals surface area contributed by atoms with Crippen LogP contribution < -0.4 is 5.32 Å². The van der Waals surface area contributed by atoms with Crippen LogP contribution >= 0.6 is 0 Å². The summed E-state index contributed by atoms with van der Waals surface area (Å²) in [7, 11) is 0. The third-order valence-corrected chi connectivity index (χ3v) is 2.17. The van der Waals surface area contributed by atoms with Gasteiger partial charge in [0.15, 0.2) is 0 Å². The second-order valence-electron chi connectivity index (χ2n) is 3.66. The third kappa shape index (κ3) is 3.97. The molecule has 106 valence electrons. The van der Waals surface area contributed by atoms with Gasteiger partial charge in [-0.2, -0.15) is 8.78 Å². The summed E-state index contributed by atoms with van der Waals surface area (Å²) < 4.78 is 49.9. The van der Waals surface area contributed by atoms with E-state index in [1.54, 1.807) is 5.32 Å². The summed E-state index contributed by atoms with van der Waals surface area (Å²) in [6, 6.07) is 2.53. The normalized spacial score (nSPS) is 11.6. The van der Waals surface area contributed by atoms with Crippen molar-refractivity contribution in [3.63, 3.8) is 0 Å². The number of carbonyl (C=O) groups excluding carboxylic acids is 1. The van der Waals surface area contributed by atoms with E-state index in [1.165, 1.54) is 18.3 Å². The number of carboxylic acids is 1. The van der Waals surface area contributed by atoms with Gasteiger partial charge in [0, 0.05) is 6.20 Å². The lowest BCUT2D eigenvalue weighted by Gasteiger charge is -2.16. The van der Waals surface area contributed by atoms with Gasteiger partial charge in [0.25, 0.3) is 5.91 Å². The smallest absolute Gasteiger partial charge is 0.324 e. The lowest BCUT2D eigenvalue weighted by Crippen LogP contribution is -2.41. The number of halogens is 4. The SMILES string of the molecule is O=C(O)Cn1cccc1C(=O)NCC(F)(F)C(F)F. The van der Waals surface area contributed by atoms with Crippen LogP contribution in [-0.2, 0) is 11.3 Å². The Morgan fingerprint density at radius 3 is 2.58 bits per heavy atom. The Balaban J connectivity index is 2.69. The molecule has 0 aliphatic carbocycles. The topological polar surface area (TPSA) is 71.3 Å². The van der Waals surface area contributed by atoms with Crippen LogP contribution in [0.1, 0.15) is 10.5 Å². The number of aliphatic carboxylic acids is 1. The molecule has 0 unspecified atom stereocenters. The van der Waals surface area contributed by atoms with Crippen LogP contribution in [-0.4, -0.2) is 40.4 Å². The van der Waals surface area contributed by atoms with Crippen LogP contribution in [0.3, 0.4) is 0 Å². The average molecular weight is 282 g/mol. The number of rotatable bonds is 6. The summed E-state index contributed by atoms with van der Waals surface area (Å²) >= 11 is 0. The van der Waals surface area contributed by atoms with E-state index < -0.39 is 37.3 Å². The zero-order valence-corrected chi connectivity index (χ0v) is 9.45. The number of carboxylic acid groups (broad SMARTS) is 1. The minimum atomic E-state index is -4.33. The monoisotopic (exact) mass is 282 g/mol. The van der Waals surface area contributed by atoms with Gasteiger partial charge in [-0.15, -0.1) is 0 Å². The summed E-state index contributed by atoms with van der Waals surface area (Å²) in [5.74, 6) is -6.62. The number of alkyl halides is 4. The highest BCUT2D eigenvalue weighted by atomic mass is 19.3. The minimum Gasteiger partial charge on any atom is -0.480 e. The van der Waals surface area contributed by atoms with Gasteiger partial charge < -0.3 is 15.0 Å². The molecule has 0 fully saturated rings. The number of amides is 1. The van der Waals surface area contributed by atoms with Crippen molar-refractivity contribution in [1.29, 1.82) is 0 Å². The molecule has 0 aromatic carbocycles. The number of hydrogen-bond acceptors (Lipinski definition) is 2. The van der Waals surface area contributed by atoms with E-state index in [2.05, 4.69) is 0 Å². The second kappa shape index (κ2) is 5.72. The van der Waals surface area contributed by atoms with Crippen LogP contribution in [0.4, 0.5) is 17.6 Å². The van der Waals surface area contributed by atoms with E-state index in [4.69, 9.17) is 5.11 Å². The minimum absolute atomic E-state index is 0.201. The molecule has 0 radical (unpaired) electrons. The predicted molar refractivity (Wildman–Crippen MR) is 55.4 cm³/mol. The molecule has 0 aliphatic heterocycles. The van der Waals surface area contributed by atoms with E-state index in [9.17, 15) is 27.2 Å². The van der Waals surface area contributed by atoms with Gasteiger partial charge in [0.2, 0.25) is 0 Å². The second-order valence-corrected chi connectivity index (χ2v) is 3.66. The molecule has 1 amide bonds. The molecule has 1 aromatic rings. The molecule has 0 aliphatic rings. The maximum absolute atomic E-state index is 12.6. The van der Waals surface area contributed by atoms with E-state index in [0.29, 0.717) is 0 Å². The first-order valence-corrected chi connectivity index (χ1v) is 5.05. The molecule has 9 heteroatoms. The number of aromatic nitrogens is 1. The van der Waals surface area contributed by atoms with Gasteiger partial charge in [0.05, 0.1) is 6.54 Å². The van der Waals surface area contributed by atoms with Gasteiger partial charge in [-0.3, -0.25) is 9.59 Å².